The van der Waals surface area contributed by atoms with Gasteiger partial charge in [-0.2, -0.15) is 0 Å². The molecule has 16 heavy (non-hydrogen) atoms. The number of ether oxygens (including phenoxy) is 2. The molecule has 0 aliphatic heterocycles. The molecule has 4 heteroatoms. The molecular weight excluding hydrogens is 206 g/mol. The summed E-state index contributed by atoms with van der Waals surface area (Å²) < 4.78 is 10.5. The highest BCUT2D eigenvalue weighted by atomic mass is 16.5. The van der Waals surface area contributed by atoms with Gasteiger partial charge in [0.25, 0.3) is 0 Å². The Morgan fingerprint density at radius 3 is 2.62 bits per heavy atom. The Kier molecular flexibility index (Phi) is 5.08. The Labute approximate surface area is 96.2 Å². The van der Waals surface area contributed by atoms with E-state index in [0.717, 1.165) is 17.1 Å². The minimum Gasteiger partial charge on any atom is -0.493 e. The SMILES string of the molecule is COc1cccc(CNC[C@H](C)O)c1OC. The highest BCUT2D eigenvalue weighted by Crippen LogP contribution is 2.30. The molecule has 0 aliphatic carbocycles. The second-order valence-corrected chi connectivity index (χ2v) is 3.63. The minimum absolute atomic E-state index is 0.350. The minimum atomic E-state index is -0.350. The van der Waals surface area contributed by atoms with Crippen molar-refractivity contribution in [2.75, 3.05) is 20.8 Å². The molecule has 0 saturated heterocycles. The van der Waals surface area contributed by atoms with Gasteiger partial charge in [0.2, 0.25) is 0 Å². The van der Waals surface area contributed by atoms with Gasteiger partial charge >= 0.3 is 0 Å². The number of methoxy groups -OCH3 is 2. The van der Waals surface area contributed by atoms with Crippen LogP contribution in [0.3, 0.4) is 0 Å². The number of rotatable bonds is 6. The third-order valence-corrected chi connectivity index (χ3v) is 2.24. The summed E-state index contributed by atoms with van der Waals surface area (Å²) >= 11 is 0. The molecule has 0 amide bonds. The van der Waals surface area contributed by atoms with E-state index in [-0.39, 0.29) is 6.10 Å². The predicted molar refractivity (Wildman–Crippen MR) is 62.9 cm³/mol. The predicted octanol–water partition coefficient (Wildman–Crippen LogP) is 1.17. The highest BCUT2D eigenvalue weighted by molar-refractivity contribution is 5.46. The molecule has 1 aromatic rings. The van der Waals surface area contributed by atoms with Crippen LogP contribution in [-0.2, 0) is 6.54 Å². The van der Waals surface area contributed by atoms with E-state index in [2.05, 4.69) is 5.32 Å². The fourth-order valence-corrected chi connectivity index (χ4v) is 1.51. The maximum atomic E-state index is 9.14. The fourth-order valence-electron chi connectivity index (χ4n) is 1.51. The van der Waals surface area contributed by atoms with Crippen LogP contribution in [0.5, 0.6) is 11.5 Å². The van der Waals surface area contributed by atoms with Gasteiger partial charge in [0.05, 0.1) is 20.3 Å². The topological polar surface area (TPSA) is 50.7 Å². The Hall–Kier alpha value is -1.26. The van der Waals surface area contributed by atoms with Gasteiger partial charge in [-0.1, -0.05) is 12.1 Å². The van der Waals surface area contributed by atoms with E-state index in [1.807, 2.05) is 18.2 Å². The lowest BCUT2D eigenvalue weighted by Gasteiger charge is -2.13. The summed E-state index contributed by atoms with van der Waals surface area (Å²) in [6.07, 6.45) is -0.350. The van der Waals surface area contributed by atoms with E-state index in [9.17, 15) is 0 Å². The lowest BCUT2D eigenvalue weighted by molar-refractivity contribution is 0.191. The lowest BCUT2D eigenvalue weighted by atomic mass is 10.2. The Morgan fingerprint density at radius 1 is 1.31 bits per heavy atom. The van der Waals surface area contributed by atoms with Crippen LogP contribution in [0.1, 0.15) is 12.5 Å². The molecule has 1 aromatic carbocycles. The maximum Gasteiger partial charge on any atom is 0.165 e. The fraction of sp³-hybridized carbons (Fsp3) is 0.500. The summed E-state index contributed by atoms with van der Waals surface area (Å²) in [5.74, 6) is 1.46. The molecule has 0 spiro atoms. The normalized spacial score (nSPS) is 12.2. The van der Waals surface area contributed by atoms with Gasteiger partial charge in [-0.3, -0.25) is 0 Å². The van der Waals surface area contributed by atoms with Crippen LogP contribution in [0.4, 0.5) is 0 Å². The van der Waals surface area contributed by atoms with Crippen LogP contribution in [-0.4, -0.2) is 32.0 Å². The van der Waals surface area contributed by atoms with Crippen molar-refractivity contribution < 1.29 is 14.6 Å². The number of nitrogens with one attached hydrogen (secondary N) is 1. The summed E-state index contributed by atoms with van der Waals surface area (Å²) in [5.41, 5.74) is 1.02. The van der Waals surface area contributed by atoms with Crippen molar-refractivity contribution in [3.8, 4) is 11.5 Å². The van der Waals surface area contributed by atoms with Crippen molar-refractivity contribution in [3.05, 3.63) is 23.8 Å². The van der Waals surface area contributed by atoms with Crippen molar-refractivity contribution in [2.24, 2.45) is 0 Å². The van der Waals surface area contributed by atoms with Crippen molar-refractivity contribution in [1.29, 1.82) is 0 Å². The number of hydrogen-bond acceptors (Lipinski definition) is 4. The zero-order chi connectivity index (χ0) is 12.0. The van der Waals surface area contributed by atoms with Crippen LogP contribution < -0.4 is 14.8 Å². The van der Waals surface area contributed by atoms with Gasteiger partial charge < -0.3 is 19.9 Å². The van der Waals surface area contributed by atoms with E-state index in [1.165, 1.54) is 0 Å². The molecule has 90 valence electrons. The first-order valence-electron chi connectivity index (χ1n) is 5.27. The van der Waals surface area contributed by atoms with Crippen molar-refractivity contribution in [1.82, 2.24) is 5.32 Å². The molecular formula is C12H19NO3. The second kappa shape index (κ2) is 6.35. The summed E-state index contributed by atoms with van der Waals surface area (Å²) in [4.78, 5) is 0. The highest BCUT2D eigenvalue weighted by Gasteiger charge is 2.08. The van der Waals surface area contributed by atoms with Gasteiger partial charge in [-0.25, -0.2) is 0 Å². The van der Waals surface area contributed by atoms with Crippen molar-refractivity contribution in [3.63, 3.8) is 0 Å². The first-order chi connectivity index (χ1) is 7.69. The third-order valence-electron chi connectivity index (χ3n) is 2.24. The average molecular weight is 225 g/mol. The van der Waals surface area contributed by atoms with Crippen LogP contribution in [0.25, 0.3) is 0 Å². The summed E-state index contributed by atoms with van der Waals surface area (Å²) in [6, 6.07) is 5.74. The number of hydrogen-bond donors (Lipinski definition) is 2. The lowest BCUT2D eigenvalue weighted by Crippen LogP contribution is -2.24. The third kappa shape index (κ3) is 3.40. The zero-order valence-corrected chi connectivity index (χ0v) is 9.99. The molecule has 0 heterocycles. The average Bonchev–Trinajstić information content (AvgIpc) is 2.28. The molecule has 0 aliphatic rings. The molecule has 2 N–H and O–H groups in total. The molecule has 0 bridgehead atoms. The largest absolute Gasteiger partial charge is 0.493 e. The van der Waals surface area contributed by atoms with Crippen LogP contribution in [0.15, 0.2) is 18.2 Å². The number of aliphatic hydroxyl groups is 1. The number of para-hydroxylation sites is 1. The van der Waals surface area contributed by atoms with E-state index in [1.54, 1.807) is 21.1 Å². The zero-order valence-electron chi connectivity index (χ0n) is 9.99. The molecule has 1 rings (SSSR count). The molecule has 0 radical (unpaired) electrons. The van der Waals surface area contributed by atoms with Gasteiger partial charge in [0.15, 0.2) is 11.5 Å². The molecule has 0 saturated carbocycles. The number of aliphatic hydroxyl groups excluding tert-OH is 1. The smallest absolute Gasteiger partial charge is 0.165 e. The van der Waals surface area contributed by atoms with E-state index in [4.69, 9.17) is 14.6 Å². The van der Waals surface area contributed by atoms with Gasteiger partial charge in [0, 0.05) is 18.7 Å². The Bertz CT molecular complexity index is 326. The van der Waals surface area contributed by atoms with E-state index in [0.29, 0.717) is 13.1 Å². The molecule has 0 aromatic heterocycles. The Balaban J connectivity index is 2.71. The molecule has 1 atom stereocenters. The first kappa shape index (κ1) is 12.8. The summed E-state index contributed by atoms with van der Waals surface area (Å²) in [6.45, 7) is 2.95. The number of benzene rings is 1. The standard InChI is InChI=1S/C12H19NO3/c1-9(14)7-13-8-10-5-4-6-11(15-2)12(10)16-3/h4-6,9,13-14H,7-8H2,1-3H3/t9-/m0/s1. The van der Waals surface area contributed by atoms with E-state index >= 15 is 0 Å². The molecule has 0 fully saturated rings. The first-order valence-corrected chi connectivity index (χ1v) is 5.27. The Morgan fingerprint density at radius 2 is 2.06 bits per heavy atom. The monoisotopic (exact) mass is 225 g/mol. The second-order valence-electron chi connectivity index (χ2n) is 3.63. The molecule has 4 nitrogen and oxygen atoms in total. The summed E-state index contributed by atoms with van der Waals surface area (Å²) in [5, 5.41) is 12.3. The van der Waals surface area contributed by atoms with Crippen LogP contribution >= 0.6 is 0 Å². The quantitative estimate of drug-likeness (QED) is 0.763. The maximum absolute atomic E-state index is 9.14. The van der Waals surface area contributed by atoms with Gasteiger partial charge in [-0.05, 0) is 13.0 Å². The van der Waals surface area contributed by atoms with Crippen LogP contribution in [0, 0.1) is 0 Å². The molecule has 0 unspecified atom stereocenters. The van der Waals surface area contributed by atoms with Gasteiger partial charge in [-0.15, -0.1) is 0 Å². The van der Waals surface area contributed by atoms with Crippen LogP contribution in [0.2, 0.25) is 0 Å². The van der Waals surface area contributed by atoms with Crippen molar-refractivity contribution in [2.45, 2.75) is 19.6 Å². The van der Waals surface area contributed by atoms with E-state index < -0.39 is 0 Å². The van der Waals surface area contributed by atoms with Gasteiger partial charge in [0.1, 0.15) is 0 Å². The summed E-state index contributed by atoms with van der Waals surface area (Å²) in [7, 11) is 3.24. The van der Waals surface area contributed by atoms with Crippen molar-refractivity contribution >= 4 is 0 Å².